The van der Waals surface area contributed by atoms with Gasteiger partial charge in [0.1, 0.15) is 5.75 Å². The molecule has 1 aliphatic carbocycles. The van der Waals surface area contributed by atoms with E-state index in [9.17, 15) is 0 Å². The topological polar surface area (TPSA) is 38.5 Å². The summed E-state index contributed by atoms with van der Waals surface area (Å²) in [5, 5.41) is 0. The first-order valence-corrected chi connectivity index (χ1v) is 7.28. The molecule has 3 heteroatoms. The zero-order valence-corrected chi connectivity index (χ0v) is 12.1. The summed E-state index contributed by atoms with van der Waals surface area (Å²) in [5.74, 6) is 1.71. The average Bonchev–Trinajstić information content (AvgIpc) is 2.89. The molecule has 2 N–H and O–H groups in total. The number of likely N-dealkylation sites (tertiary alicyclic amines) is 1. The SMILES string of the molecule is COc1ccc2c(c1)C(N)C(N1CC(C)CC1C)C2. The molecule has 1 fully saturated rings. The van der Waals surface area contributed by atoms with Gasteiger partial charge in [-0.25, -0.2) is 0 Å². The molecule has 0 amide bonds. The van der Waals surface area contributed by atoms with E-state index in [0.717, 1.165) is 18.1 Å². The molecular weight excluding hydrogens is 236 g/mol. The second-order valence-electron chi connectivity index (χ2n) is 6.25. The molecule has 4 atom stereocenters. The van der Waals surface area contributed by atoms with E-state index in [-0.39, 0.29) is 6.04 Å². The highest BCUT2D eigenvalue weighted by Crippen LogP contribution is 2.38. The minimum atomic E-state index is 0.123. The van der Waals surface area contributed by atoms with Crippen molar-refractivity contribution in [3.05, 3.63) is 29.3 Å². The van der Waals surface area contributed by atoms with Crippen LogP contribution in [0.1, 0.15) is 37.4 Å². The normalized spacial score (nSPS) is 34.5. The van der Waals surface area contributed by atoms with Gasteiger partial charge in [0.05, 0.1) is 7.11 Å². The van der Waals surface area contributed by atoms with Crippen LogP contribution in [0.15, 0.2) is 18.2 Å². The van der Waals surface area contributed by atoms with Crippen LogP contribution in [0, 0.1) is 5.92 Å². The Morgan fingerprint density at radius 2 is 2.11 bits per heavy atom. The summed E-state index contributed by atoms with van der Waals surface area (Å²) in [6, 6.07) is 7.58. The molecule has 0 bridgehead atoms. The number of nitrogens with zero attached hydrogens (tertiary/aromatic N) is 1. The Bertz CT molecular complexity index is 474. The minimum Gasteiger partial charge on any atom is -0.497 e. The molecule has 3 nitrogen and oxygen atoms in total. The Kier molecular flexibility index (Phi) is 3.27. The van der Waals surface area contributed by atoms with Crippen LogP contribution in [0.2, 0.25) is 0 Å². The van der Waals surface area contributed by atoms with E-state index in [4.69, 9.17) is 10.5 Å². The number of ether oxygens (including phenoxy) is 1. The predicted octanol–water partition coefficient (Wildman–Crippen LogP) is 2.35. The van der Waals surface area contributed by atoms with Crippen LogP contribution in [0.3, 0.4) is 0 Å². The molecular formula is C16H24N2O. The summed E-state index contributed by atoms with van der Waals surface area (Å²) >= 11 is 0. The fourth-order valence-electron chi connectivity index (χ4n) is 3.87. The van der Waals surface area contributed by atoms with Gasteiger partial charge in [0.15, 0.2) is 0 Å². The smallest absolute Gasteiger partial charge is 0.119 e. The molecule has 0 aromatic heterocycles. The number of methoxy groups -OCH3 is 1. The molecule has 1 aromatic rings. The van der Waals surface area contributed by atoms with E-state index >= 15 is 0 Å². The van der Waals surface area contributed by atoms with E-state index in [1.165, 1.54) is 24.1 Å². The molecule has 1 aliphatic heterocycles. The summed E-state index contributed by atoms with van der Waals surface area (Å²) in [6.45, 7) is 5.86. The number of fused-ring (bicyclic) bond motifs is 1. The second-order valence-corrected chi connectivity index (χ2v) is 6.25. The minimum absolute atomic E-state index is 0.123. The molecule has 104 valence electrons. The Hall–Kier alpha value is -1.06. The van der Waals surface area contributed by atoms with Gasteiger partial charge in [0, 0.05) is 24.7 Å². The monoisotopic (exact) mass is 260 g/mol. The molecule has 2 aliphatic rings. The molecule has 0 radical (unpaired) electrons. The molecule has 4 unspecified atom stereocenters. The van der Waals surface area contributed by atoms with Gasteiger partial charge in [-0.1, -0.05) is 13.0 Å². The Morgan fingerprint density at radius 1 is 1.32 bits per heavy atom. The van der Waals surface area contributed by atoms with E-state index in [2.05, 4.69) is 30.9 Å². The van der Waals surface area contributed by atoms with Crippen LogP contribution in [0.4, 0.5) is 0 Å². The van der Waals surface area contributed by atoms with E-state index in [1.54, 1.807) is 7.11 Å². The second kappa shape index (κ2) is 4.80. The lowest BCUT2D eigenvalue weighted by Gasteiger charge is -2.31. The lowest BCUT2D eigenvalue weighted by atomic mass is 10.1. The maximum Gasteiger partial charge on any atom is 0.119 e. The van der Waals surface area contributed by atoms with Crippen molar-refractivity contribution in [1.82, 2.24) is 4.90 Å². The van der Waals surface area contributed by atoms with Crippen LogP contribution < -0.4 is 10.5 Å². The summed E-state index contributed by atoms with van der Waals surface area (Å²) < 4.78 is 5.32. The van der Waals surface area contributed by atoms with Gasteiger partial charge in [0.25, 0.3) is 0 Å². The van der Waals surface area contributed by atoms with Crippen molar-refractivity contribution in [3.8, 4) is 5.75 Å². The molecule has 1 saturated heterocycles. The first-order valence-electron chi connectivity index (χ1n) is 7.28. The predicted molar refractivity (Wildman–Crippen MR) is 77.4 cm³/mol. The van der Waals surface area contributed by atoms with Crippen molar-refractivity contribution < 1.29 is 4.74 Å². The van der Waals surface area contributed by atoms with Crippen molar-refractivity contribution in [2.75, 3.05) is 13.7 Å². The van der Waals surface area contributed by atoms with Crippen LogP contribution in [0.25, 0.3) is 0 Å². The van der Waals surface area contributed by atoms with Crippen LogP contribution in [-0.4, -0.2) is 30.6 Å². The zero-order valence-electron chi connectivity index (χ0n) is 12.1. The molecule has 0 saturated carbocycles. The van der Waals surface area contributed by atoms with Gasteiger partial charge in [0.2, 0.25) is 0 Å². The van der Waals surface area contributed by atoms with Crippen molar-refractivity contribution in [3.63, 3.8) is 0 Å². The Morgan fingerprint density at radius 3 is 2.74 bits per heavy atom. The lowest BCUT2D eigenvalue weighted by Crippen LogP contribution is -2.43. The molecule has 0 spiro atoms. The number of benzene rings is 1. The van der Waals surface area contributed by atoms with Gasteiger partial charge in [-0.05, 0) is 48.9 Å². The van der Waals surface area contributed by atoms with E-state index < -0.39 is 0 Å². The Labute approximate surface area is 115 Å². The third-order valence-electron chi connectivity index (χ3n) is 4.81. The van der Waals surface area contributed by atoms with Gasteiger partial charge >= 0.3 is 0 Å². The van der Waals surface area contributed by atoms with Crippen LogP contribution in [-0.2, 0) is 6.42 Å². The zero-order chi connectivity index (χ0) is 13.6. The van der Waals surface area contributed by atoms with Crippen molar-refractivity contribution in [2.24, 2.45) is 11.7 Å². The highest BCUT2D eigenvalue weighted by Gasteiger charge is 2.39. The number of hydrogen-bond donors (Lipinski definition) is 1. The fraction of sp³-hybridized carbons (Fsp3) is 0.625. The van der Waals surface area contributed by atoms with Gasteiger partial charge in [-0.15, -0.1) is 0 Å². The summed E-state index contributed by atoms with van der Waals surface area (Å²) in [4.78, 5) is 2.61. The number of rotatable bonds is 2. The van der Waals surface area contributed by atoms with Crippen LogP contribution >= 0.6 is 0 Å². The van der Waals surface area contributed by atoms with Crippen molar-refractivity contribution in [2.45, 2.75) is 44.8 Å². The number of hydrogen-bond acceptors (Lipinski definition) is 3. The average molecular weight is 260 g/mol. The third-order valence-corrected chi connectivity index (χ3v) is 4.81. The highest BCUT2D eigenvalue weighted by atomic mass is 16.5. The maximum absolute atomic E-state index is 6.50. The van der Waals surface area contributed by atoms with Crippen LogP contribution in [0.5, 0.6) is 5.75 Å². The summed E-state index contributed by atoms with van der Waals surface area (Å²) in [7, 11) is 1.71. The number of nitrogens with two attached hydrogens (primary N) is 1. The van der Waals surface area contributed by atoms with E-state index in [0.29, 0.717) is 12.1 Å². The molecule has 1 heterocycles. The van der Waals surface area contributed by atoms with Gasteiger partial charge < -0.3 is 10.5 Å². The molecule has 19 heavy (non-hydrogen) atoms. The first kappa shape index (κ1) is 12.9. The van der Waals surface area contributed by atoms with Crippen molar-refractivity contribution >= 4 is 0 Å². The largest absolute Gasteiger partial charge is 0.497 e. The van der Waals surface area contributed by atoms with Gasteiger partial charge in [-0.2, -0.15) is 0 Å². The standard InChI is InChI=1S/C16H24N2O/c1-10-6-11(2)18(9-10)15-7-12-4-5-13(19-3)8-14(12)16(15)17/h4-5,8,10-11,15-16H,6-7,9,17H2,1-3H3. The summed E-state index contributed by atoms with van der Waals surface area (Å²) in [5.41, 5.74) is 9.17. The lowest BCUT2D eigenvalue weighted by molar-refractivity contribution is 0.171. The Balaban J connectivity index is 1.85. The first-order chi connectivity index (χ1) is 9.10. The quantitative estimate of drug-likeness (QED) is 0.887. The highest BCUT2D eigenvalue weighted by molar-refractivity contribution is 5.42. The fourth-order valence-corrected chi connectivity index (χ4v) is 3.87. The maximum atomic E-state index is 6.50. The molecule has 1 aromatic carbocycles. The van der Waals surface area contributed by atoms with Gasteiger partial charge in [-0.3, -0.25) is 4.90 Å². The van der Waals surface area contributed by atoms with Crippen molar-refractivity contribution in [1.29, 1.82) is 0 Å². The molecule has 3 rings (SSSR count). The third kappa shape index (κ3) is 2.15. The van der Waals surface area contributed by atoms with E-state index in [1.807, 2.05) is 6.07 Å². The summed E-state index contributed by atoms with van der Waals surface area (Å²) in [6.07, 6.45) is 2.38.